The van der Waals surface area contributed by atoms with Crippen LogP contribution in [0.2, 0.25) is 0 Å². The van der Waals surface area contributed by atoms with E-state index >= 15 is 0 Å². The number of nitrogens with zero attached hydrogens (tertiary/aromatic N) is 1. The molecule has 34 heavy (non-hydrogen) atoms. The monoisotopic (exact) mass is 462 g/mol. The van der Waals surface area contributed by atoms with E-state index in [4.69, 9.17) is 18.9 Å². The fourth-order valence-corrected chi connectivity index (χ4v) is 4.19. The summed E-state index contributed by atoms with van der Waals surface area (Å²) < 4.78 is 21.5. The summed E-state index contributed by atoms with van der Waals surface area (Å²) in [7, 11) is 6.17. The van der Waals surface area contributed by atoms with Gasteiger partial charge >= 0.3 is 0 Å². The summed E-state index contributed by atoms with van der Waals surface area (Å²) in [5, 5.41) is 2.96. The molecule has 1 aliphatic rings. The molecule has 1 heterocycles. The Balaban J connectivity index is 1.84. The third-order valence-electron chi connectivity index (χ3n) is 5.91. The standard InChI is InChI=1S/C26H26N2O6/c1-31-20-9-5-7-18(14-20)27-25(30)26(17-11-12-22(33-3)23(13-17)34-4)16-24(29)28(26)19-8-6-10-21(15-19)32-2/h5-15H,16H2,1-4H3,(H,27,30). The van der Waals surface area contributed by atoms with Crippen molar-refractivity contribution < 1.29 is 28.5 Å². The Morgan fingerprint density at radius 3 is 2.15 bits per heavy atom. The Hall–Kier alpha value is -4.20. The number of amides is 2. The second-order valence-corrected chi connectivity index (χ2v) is 7.72. The predicted molar refractivity (Wildman–Crippen MR) is 128 cm³/mol. The van der Waals surface area contributed by atoms with Crippen LogP contribution in [-0.2, 0) is 15.1 Å². The average Bonchev–Trinajstić information content (AvgIpc) is 2.86. The van der Waals surface area contributed by atoms with Gasteiger partial charge in [-0.15, -0.1) is 0 Å². The molecule has 4 rings (SSSR count). The molecule has 3 aromatic carbocycles. The van der Waals surface area contributed by atoms with Crippen molar-refractivity contribution in [2.24, 2.45) is 0 Å². The molecule has 1 saturated heterocycles. The van der Waals surface area contributed by atoms with Gasteiger partial charge in [-0.2, -0.15) is 0 Å². The quantitative estimate of drug-likeness (QED) is 0.510. The van der Waals surface area contributed by atoms with Gasteiger partial charge in [-0.1, -0.05) is 18.2 Å². The Morgan fingerprint density at radius 2 is 1.50 bits per heavy atom. The molecule has 1 fully saturated rings. The third-order valence-corrected chi connectivity index (χ3v) is 5.91. The summed E-state index contributed by atoms with van der Waals surface area (Å²) in [6.07, 6.45) is -0.0184. The number of anilines is 2. The van der Waals surface area contributed by atoms with Gasteiger partial charge in [0, 0.05) is 23.5 Å². The van der Waals surface area contributed by atoms with Gasteiger partial charge in [0.25, 0.3) is 5.91 Å². The van der Waals surface area contributed by atoms with Gasteiger partial charge < -0.3 is 24.3 Å². The van der Waals surface area contributed by atoms with Crippen LogP contribution in [0.25, 0.3) is 0 Å². The molecule has 1 N–H and O–H groups in total. The molecular formula is C26H26N2O6. The number of ether oxygens (including phenoxy) is 4. The van der Waals surface area contributed by atoms with E-state index in [1.54, 1.807) is 80.9 Å². The van der Waals surface area contributed by atoms with E-state index in [-0.39, 0.29) is 18.2 Å². The molecule has 0 spiro atoms. The molecular weight excluding hydrogens is 436 g/mol. The van der Waals surface area contributed by atoms with Crippen LogP contribution in [0.1, 0.15) is 12.0 Å². The van der Waals surface area contributed by atoms with Crippen LogP contribution in [0, 0.1) is 0 Å². The topological polar surface area (TPSA) is 86.3 Å². The molecule has 1 unspecified atom stereocenters. The van der Waals surface area contributed by atoms with E-state index in [2.05, 4.69) is 5.32 Å². The van der Waals surface area contributed by atoms with E-state index in [1.165, 1.54) is 19.1 Å². The van der Waals surface area contributed by atoms with Crippen LogP contribution < -0.4 is 29.2 Å². The molecule has 0 radical (unpaired) electrons. The summed E-state index contributed by atoms with van der Waals surface area (Å²) in [5.41, 5.74) is 0.375. The zero-order valence-electron chi connectivity index (χ0n) is 19.5. The number of nitrogens with one attached hydrogen (secondary N) is 1. The first-order valence-corrected chi connectivity index (χ1v) is 10.6. The van der Waals surface area contributed by atoms with Gasteiger partial charge in [0.1, 0.15) is 11.5 Å². The van der Waals surface area contributed by atoms with Gasteiger partial charge in [-0.05, 0) is 42.0 Å². The molecule has 1 atom stereocenters. The minimum Gasteiger partial charge on any atom is -0.497 e. The first kappa shape index (κ1) is 23.0. The molecule has 0 saturated carbocycles. The lowest BCUT2D eigenvalue weighted by atomic mass is 9.75. The number of hydrogen-bond donors (Lipinski definition) is 1. The summed E-state index contributed by atoms with van der Waals surface area (Å²) >= 11 is 0. The Labute approximate surface area is 198 Å². The molecule has 176 valence electrons. The van der Waals surface area contributed by atoms with Crippen LogP contribution in [0.15, 0.2) is 66.7 Å². The van der Waals surface area contributed by atoms with Gasteiger partial charge in [-0.25, -0.2) is 0 Å². The van der Waals surface area contributed by atoms with Crippen molar-refractivity contribution in [2.75, 3.05) is 38.7 Å². The van der Waals surface area contributed by atoms with Crippen molar-refractivity contribution >= 4 is 23.2 Å². The zero-order chi connectivity index (χ0) is 24.3. The molecule has 1 aliphatic heterocycles. The fraction of sp³-hybridized carbons (Fsp3) is 0.231. The number of methoxy groups -OCH3 is 4. The second kappa shape index (κ2) is 9.35. The van der Waals surface area contributed by atoms with E-state index in [1.807, 2.05) is 0 Å². The van der Waals surface area contributed by atoms with E-state index < -0.39 is 5.54 Å². The first-order chi connectivity index (χ1) is 16.5. The van der Waals surface area contributed by atoms with Gasteiger partial charge in [-0.3, -0.25) is 14.5 Å². The predicted octanol–water partition coefficient (Wildman–Crippen LogP) is 3.99. The molecule has 8 heteroatoms. The zero-order valence-corrected chi connectivity index (χ0v) is 19.5. The van der Waals surface area contributed by atoms with Crippen molar-refractivity contribution in [1.29, 1.82) is 0 Å². The highest BCUT2D eigenvalue weighted by atomic mass is 16.5. The van der Waals surface area contributed by atoms with E-state index in [0.717, 1.165) is 0 Å². The average molecular weight is 463 g/mol. The normalized spacial score (nSPS) is 16.9. The number of β-lactam (4-membered cyclic amide) rings is 1. The third kappa shape index (κ3) is 3.87. The SMILES string of the molecule is COc1cccc(NC(=O)C2(c3ccc(OC)c(OC)c3)CC(=O)N2c2cccc(OC)c2)c1. The number of benzene rings is 3. The molecule has 8 nitrogen and oxygen atoms in total. The highest BCUT2D eigenvalue weighted by molar-refractivity contribution is 6.17. The van der Waals surface area contributed by atoms with Crippen LogP contribution in [-0.4, -0.2) is 40.3 Å². The Bertz CT molecular complexity index is 1230. The van der Waals surface area contributed by atoms with Crippen LogP contribution >= 0.6 is 0 Å². The van der Waals surface area contributed by atoms with Gasteiger partial charge in [0.2, 0.25) is 5.91 Å². The van der Waals surface area contributed by atoms with Crippen LogP contribution in [0.5, 0.6) is 23.0 Å². The number of carbonyl (C=O) groups is 2. The molecule has 0 aromatic heterocycles. The van der Waals surface area contributed by atoms with Gasteiger partial charge in [0.05, 0.1) is 34.9 Å². The molecule has 2 amide bonds. The van der Waals surface area contributed by atoms with Gasteiger partial charge in [0.15, 0.2) is 17.0 Å². The highest BCUT2D eigenvalue weighted by Gasteiger charge is 2.58. The maximum absolute atomic E-state index is 13.9. The lowest BCUT2D eigenvalue weighted by Crippen LogP contribution is -2.67. The van der Waals surface area contributed by atoms with Crippen LogP contribution in [0.3, 0.4) is 0 Å². The summed E-state index contributed by atoms with van der Waals surface area (Å²) in [4.78, 5) is 28.4. The van der Waals surface area contributed by atoms with Crippen molar-refractivity contribution in [2.45, 2.75) is 12.0 Å². The molecule has 0 bridgehead atoms. The Morgan fingerprint density at radius 1 is 0.824 bits per heavy atom. The van der Waals surface area contributed by atoms with Crippen LogP contribution in [0.4, 0.5) is 11.4 Å². The highest BCUT2D eigenvalue weighted by Crippen LogP contribution is 2.48. The van der Waals surface area contributed by atoms with Crippen molar-refractivity contribution in [3.8, 4) is 23.0 Å². The lowest BCUT2D eigenvalue weighted by Gasteiger charge is -2.50. The summed E-state index contributed by atoms with van der Waals surface area (Å²) in [6, 6.07) is 19.3. The largest absolute Gasteiger partial charge is 0.497 e. The van der Waals surface area contributed by atoms with Crippen molar-refractivity contribution in [3.05, 3.63) is 72.3 Å². The number of hydrogen-bond acceptors (Lipinski definition) is 6. The minimum absolute atomic E-state index is 0.0184. The summed E-state index contributed by atoms with van der Waals surface area (Å²) in [6.45, 7) is 0. The molecule has 3 aromatic rings. The first-order valence-electron chi connectivity index (χ1n) is 10.6. The van der Waals surface area contributed by atoms with Crippen molar-refractivity contribution in [3.63, 3.8) is 0 Å². The fourth-order valence-electron chi connectivity index (χ4n) is 4.19. The number of rotatable bonds is 8. The smallest absolute Gasteiger partial charge is 0.255 e. The molecule has 0 aliphatic carbocycles. The second-order valence-electron chi connectivity index (χ2n) is 7.72. The van der Waals surface area contributed by atoms with Crippen molar-refractivity contribution in [1.82, 2.24) is 0 Å². The maximum atomic E-state index is 13.9. The number of carbonyl (C=O) groups excluding carboxylic acids is 2. The lowest BCUT2D eigenvalue weighted by molar-refractivity contribution is -0.137. The van der Waals surface area contributed by atoms with E-state index in [9.17, 15) is 9.59 Å². The Kier molecular flexibility index (Phi) is 6.32. The summed E-state index contributed by atoms with van der Waals surface area (Å²) in [5.74, 6) is 1.60. The minimum atomic E-state index is -1.31. The van der Waals surface area contributed by atoms with E-state index in [0.29, 0.717) is 39.9 Å². The maximum Gasteiger partial charge on any atom is 0.255 e.